The van der Waals surface area contributed by atoms with Crippen LogP contribution < -0.4 is 0 Å². The molecule has 4 heteroatoms. The smallest absolute Gasteiger partial charge is 0.303 e. The van der Waals surface area contributed by atoms with Gasteiger partial charge in [-0.1, -0.05) is 36.8 Å². The fourth-order valence-corrected chi connectivity index (χ4v) is 2.66. The van der Waals surface area contributed by atoms with Gasteiger partial charge in [0.15, 0.2) is 0 Å². The molecular formula is C16H23NO3. The maximum absolute atomic E-state index is 10.5. The van der Waals surface area contributed by atoms with E-state index in [0.29, 0.717) is 6.04 Å². The molecule has 0 saturated carbocycles. The highest BCUT2D eigenvalue weighted by Gasteiger charge is 2.23. The van der Waals surface area contributed by atoms with Crippen LogP contribution in [0.1, 0.15) is 37.3 Å². The molecule has 1 fully saturated rings. The zero-order chi connectivity index (χ0) is 14.2. The molecule has 1 heterocycles. The third-order valence-corrected chi connectivity index (χ3v) is 3.76. The van der Waals surface area contributed by atoms with Gasteiger partial charge < -0.3 is 9.84 Å². The maximum atomic E-state index is 10.5. The molecule has 1 aromatic carbocycles. The van der Waals surface area contributed by atoms with Crippen molar-refractivity contribution in [3.63, 3.8) is 0 Å². The number of benzene rings is 1. The number of carboxylic acids is 1. The number of unbranched alkanes of at least 4 members (excludes halogenated alkanes) is 2. The zero-order valence-corrected chi connectivity index (χ0v) is 11.8. The van der Waals surface area contributed by atoms with Crippen LogP contribution in [0, 0.1) is 0 Å². The molecule has 20 heavy (non-hydrogen) atoms. The predicted octanol–water partition coefficient (Wildman–Crippen LogP) is 2.70. The second-order valence-corrected chi connectivity index (χ2v) is 5.24. The number of nitrogens with zero attached hydrogens (tertiary/aromatic N) is 1. The number of carboxylic acid groups (broad SMARTS) is 1. The van der Waals surface area contributed by atoms with Crippen molar-refractivity contribution in [3.05, 3.63) is 35.9 Å². The van der Waals surface area contributed by atoms with Crippen LogP contribution in [-0.2, 0) is 9.53 Å². The molecule has 2 rings (SSSR count). The molecule has 0 radical (unpaired) electrons. The molecular weight excluding hydrogens is 254 g/mol. The molecule has 110 valence electrons. The van der Waals surface area contributed by atoms with Crippen LogP contribution in [0.4, 0.5) is 0 Å². The van der Waals surface area contributed by atoms with E-state index in [-0.39, 0.29) is 6.42 Å². The highest BCUT2D eigenvalue weighted by molar-refractivity contribution is 5.66. The monoisotopic (exact) mass is 277 g/mol. The number of carbonyl (C=O) groups is 1. The third kappa shape index (κ3) is 4.62. The van der Waals surface area contributed by atoms with E-state index < -0.39 is 5.97 Å². The fourth-order valence-electron chi connectivity index (χ4n) is 2.66. The average molecular weight is 277 g/mol. The average Bonchev–Trinajstić information content (AvgIpc) is 2.48. The van der Waals surface area contributed by atoms with E-state index in [2.05, 4.69) is 29.2 Å². The normalized spacial score (nSPS) is 19.9. The van der Waals surface area contributed by atoms with Crippen molar-refractivity contribution in [2.45, 2.75) is 31.7 Å². The van der Waals surface area contributed by atoms with Gasteiger partial charge in [-0.25, -0.2) is 0 Å². The van der Waals surface area contributed by atoms with Crippen LogP contribution in [0.2, 0.25) is 0 Å². The first-order chi connectivity index (χ1) is 9.77. The Morgan fingerprint density at radius 3 is 2.80 bits per heavy atom. The molecule has 1 N–H and O–H groups in total. The van der Waals surface area contributed by atoms with E-state index in [1.165, 1.54) is 5.56 Å². The molecule has 0 aromatic heterocycles. The number of aliphatic carboxylic acids is 1. The minimum absolute atomic E-state index is 0.283. The SMILES string of the molecule is O=C(O)CCCCCN1CCOC[C@H]1c1ccccc1. The lowest BCUT2D eigenvalue weighted by atomic mass is 10.0. The first-order valence-corrected chi connectivity index (χ1v) is 7.36. The number of ether oxygens (including phenoxy) is 1. The number of morpholine rings is 1. The summed E-state index contributed by atoms with van der Waals surface area (Å²) in [4.78, 5) is 12.9. The number of rotatable bonds is 7. The van der Waals surface area contributed by atoms with Crippen LogP contribution >= 0.6 is 0 Å². The van der Waals surface area contributed by atoms with E-state index >= 15 is 0 Å². The Bertz CT molecular complexity index is 407. The van der Waals surface area contributed by atoms with Crippen LogP contribution in [0.25, 0.3) is 0 Å². The number of hydrogen-bond donors (Lipinski definition) is 1. The summed E-state index contributed by atoms with van der Waals surface area (Å²) in [5, 5.41) is 8.63. The Hall–Kier alpha value is -1.39. The largest absolute Gasteiger partial charge is 0.481 e. The van der Waals surface area contributed by atoms with E-state index in [1.807, 2.05) is 6.07 Å². The highest BCUT2D eigenvalue weighted by Crippen LogP contribution is 2.24. The summed E-state index contributed by atoms with van der Waals surface area (Å²) in [6.07, 6.45) is 3.09. The molecule has 1 saturated heterocycles. The summed E-state index contributed by atoms with van der Waals surface area (Å²) in [6, 6.07) is 10.8. The third-order valence-electron chi connectivity index (χ3n) is 3.76. The predicted molar refractivity (Wildman–Crippen MR) is 77.7 cm³/mol. The second kappa shape index (κ2) is 8.02. The van der Waals surface area contributed by atoms with Gasteiger partial charge in [0.2, 0.25) is 0 Å². The minimum Gasteiger partial charge on any atom is -0.481 e. The molecule has 1 aliphatic rings. The number of hydrogen-bond acceptors (Lipinski definition) is 3. The summed E-state index contributed by atoms with van der Waals surface area (Å²) in [7, 11) is 0. The van der Waals surface area contributed by atoms with Gasteiger partial charge in [-0.15, -0.1) is 0 Å². The standard InChI is InChI=1S/C16H23NO3/c18-16(19)9-5-2-6-10-17-11-12-20-13-15(17)14-7-3-1-4-8-14/h1,3-4,7-8,15H,2,5-6,9-13H2,(H,18,19)/t15-/m0/s1. The van der Waals surface area contributed by atoms with Crippen LogP contribution in [-0.4, -0.2) is 42.3 Å². The second-order valence-electron chi connectivity index (χ2n) is 5.24. The van der Waals surface area contributed by atoms with Crippen molar-refractivity contribution in [2.24, 2.45) is 0 Å². The molecule has 1 aromatic rings. The van der Waals surface area contributed by atoms with Crippen LogP contribution in [0.15, 0.2) is 30.3 Å². The van der Waals surface area contributed by atoms with E-state index in [9.17, 15) is 4.79 Å². The minimum atomic E-state index is -0.696. The van der Waals surface area contributed by atoms with Crippen molar-refractivity contribution in [2.75, 3.05) is 26.3 Å². The van der Waals surface area contributed by atoms with Gasteiger partial charge in [-0.2, -0.15) is 0 Å². The van der Waals surface area contributed by atoms with Crippen molar-refractivity contribution >= 4 is 5.97 Å². The zero-order valence-electron chi connectivity index (χ0n) is 11.8. The summed E-state index contributed by atoms with van der Waals surface area (Å²) >= 11 is 0. The molecule has 0 bridgehead atoms. The van der Waals surface area contributed by atoms with E-state index in [4.69, 9.17) is 9.84 Å². The summed E-state index contributed by atoms with van der Waals surface area (Å²) in [6.45, 7) is 3.51. The van der Waals surface area contributed by atoms with Gasteiger partial charge in [-0.3, -0.25) is 9.69 Å². The lowest BCUT2D eigenvalue weighted by Crippen LogP contribution is -2.40. The molecule has 0 aliphatic carbocycles. The Labute approximate surface area is 120 Å². The van der Waals surface area contributed by atoms with Crippen molar-refractivity contribution in [1.82, 2.24) is 4.90 Å². The molecule has 1 aliphatic heterocycles. The van der Waals surface area contributed by atoms with Gasteiger partial charge in [0.1, 0.15) is 0 Å². The van der Waals surface area contributed by atoms with Gasteiger partial charge in [-0.05, 0) is 24.9 Å². The van der Waals surface area contributed by atoms with Crippen LogP contribution in [0.5, 0.6) is 0 Å². The van der Waals surface area contributed by atoms with E-state index in [1.54, 1.807) is 0 Å². The Morgan fingerprint density at radius 1 is 1.25 bits per heavy atom. The van der Waals surface area contributed by atoms with Crippen molar-refractivity contribution in [1.29, 1.82) is 0 Å². The Morgan fingerprint density at radius 2 is 2.05 bits per heavy atom. The van der Waals surface area contributed by atoms with Gasteiger partial charge >= 0.3 is 5.97 Å². The Kier molecular flexibility index (Phi) is 6.02. The van der Waals surface area contributed by atoms with Gasteiger partial charge in [0.05, 0.1) is 19.3 Å². The summed E-state index contributed by atoms with van der Waals surface area (Å²) in [5.74, 6) is -0.696. The van der Waals surface area contributed by atoms with E-state index in [0.717, 1.165) is 45.6 Å². The first kappa shape index (κ1) is 15.0. The molecule has 0 spiro atoms. The fraction of sp³-hybridized carbons (Fsp3) is 0.562. The Balaban J connectivity index is 1.80. The lowest BCUT2D eigenvalue weighted by Gasteiger charge is -2.36. The molecule has 4 nitrogen and oxygen atoms in total. The molecule has 1 atom stereocenters. The topological polar surface area (TPSA) is 49.8 Å². The van der Waals surface area contributed by atoms with Crippen molar-refractivity contribution < 1.29 is 14.6 Å². The van der Waals surface area contributed by atoms with Crippen LogP contribution in [0.3, 0.4) is 0 Å². The van der Waals surface area contributed by atoms with Gasteiger partial charge in [0, 0.05) is 13.0 Å². The van der Waals surface area contributed by atoms with Gasteiger partial charge in [0.25, 0.3) is 0 Å². The summed E-state index contributed by atoms with van der Waals surface area (Å²) in [5.41, 5.74) is 1.30. The van der Waals surface area contributed by atoms with Crippen molar-refractivity contribution in [3.8, 4) is 0 Å². The molecule has 0 unspecified atom stereocenters. The summed E-state index contributed by atoms with van der Waals surface area (Å²) < 4.78 is 5.61. The molecule has 0 amide bonds. The highest BCUT2D eigenvalue weighted by atomic mass is 16.5. The first-order valence-electron chi connectivity index (χ1n) is 7.36. The quantitative estimate of drug-likeness (QED) is 0.779. The maximum Gasteiger partial charge on any atom is 0.303 e. The lowest BCUT2D eigenvalue weighted by molar-refractivity contribution is -0.137.